The molecule has 3 N–H and O–H groups in total. The van der Waals surface area contributed by atoms with Crippen molar-refractivity contribution in [3.8, 4) is 17.0 Å². The van der Waals surface area contributed by atoms with E-state index in [1.165, 1.54) is 12.5 Å². The minimum absolute atomic E-state index is 0.0917. The van der Waals surface area contributed by atoms with E-state index in [2.05, 4.69) is 19.9 Å². The van der Waals surface area contributed by atoms with Crippen LogP contribution in [-0.4, -0.2) is 33.1 Å². The highest BCUT2D eigenvalue weighted by Gasteiger charge is 2.34. The first kappa shape index (κ1) is 22.5. The molecule has 0 aliphatic carbocycles. The molecule has 2 aromatic carbocycles. The largest absolute Gasteiger partial charge is 0.507 e. The number of benzene rings is 2. The number of piperidine rings is 1. The lowest BCUT2D eigenvalue weighted by Gasteiger charge is -2.29. The molecule has 3 aromatic heterocycles. The Labute approximate surface area is 203 Å². The topological polar surface area (TPSA) is 85.0 Å². The zero-order valence-electron chi connectivity index (χ0n) is 19.5. The maximum atomic E-state index is 13.5. The number of aromatic amines is 2. The Morgan fingerprint density at radius 2 is 1.78 bits per heavy atom. The molecule has 6 rings (SSSR count). The molecule has 6 nitrogen and oxygen atoms in total. The number of rotatable bonds is 2. The predicted octanol–water partition coefficient (Wildman–Crippen LogP) is 6.25. The molecule has 1 saturated heterocycles. The van der Waals surface area contributed by atoms with Gasteiger partial charge in [0.1, 0.15) is 11.4 Å². The lowest BCUT2D eigenvalue weighted by Crippen LogP contribution is -2.29. The van der Waals surface area contributed by atoms with E-state index >= 15 is 0 Å². The van der Waals surface area contributed by atoms with Gasteiger partial charge in [0.2, 0.25) is 0 Å². The fraction of sp³-hybridized carbons (Fsp3) is 0.259. The number of alkyl halides is 3. The van der Waals surface area contributed by atoms with Crippen molar-refractivity contribution in [1.82, 2.24) is 15.0 Å². The molecule has 0 spiro atoms. The van der Waals surface area contributed by atoms with Gasteiger partial charge in [-0.1, -0.05) is 6.07 Å². The number of halogens is 3. The third-order valence-corrected chi connectivity index (χ3v) is 7.06. The van der Waals surface area contributed by atoms with Gasteiger partial charge in [-0.25, -0.2) is 4.98 Å². The van der Waals surface area contributed by atoms with Gasteiger partial charge in [0.05, 0.1) is 22.2 Å². The van der Waals surface area contributed by atoms with Crippen LogP contribution in [0.5, 0.6) is 5.75 Å². The van der Waals surface area contributed by atoms with E-state index in [4.69, 9.17) is 0 Å². The molecule has 1 fully saturated rings. The Morgan fingerprint density at radius 1 is 1.00 bits per heavy atom. The summed E-state index contributed by atoms with van der Waals surface area (Å²) in [6.07, 6.45) is 0.467. The second-order valence-corrected chi connectivity index (χ2v) is 9.37. The van der Waals surface area contributed by atoms with Gasteiger partial charge in [-0.05, 0) is 62.1 Å². The number of hydrogen-bond donors (Lipinski definition) is 3. The van der Waals surface area contributed by atoms with E-state index in [0.717, 1.165) is 60.1 Å². The van der Waals surface area contributed by atoms with E-state index < -0.39 is 23.0 Å². The molecule has 1 aliphatic heterocycles. The van der Waals surface area contributed by atoms with Crippen LogP contribution in [0.4, 0.5) is 18.9 Å². The predicted molar refractivity (Wildman–Crippen MR) is 135 cm³/mol. The SMILES string of the molecule is Cc1c[nH]c2nc(-c3ccc(O)c(C(F)(F)F)c3)c3c(=O)[nH]c4cc(N5CCCCC5)ccc4c3c12. The second kappa shape index (κ2) is 8.01. The van der Waals surface area contributed by atoms with Crippen molar-refractivity contribution in [1.29, 1.82) is 0 Å². The summed E-state index contributed by atoms with van der Waals surface area (Å²) in [4.78, 5) is 26.4. The molecule has 0 bridgehead atoms. The van der Waals surface area contributed by atoms with Gasteiger partial charge in [-0.2, -0.15) is 13.2 Å². The number of aromatic hydroxyl groups is 1. The molecule has 184 valence electrons. The highest BCUT2D eigenvalue weighted by atomic mass is 19.4. The third-order valence-electron chi connectivity index (χ3n) is 7.06. The number of nitrogens with one attached hydrogen (secondary N) is 2. The number of H-pyrrole nitrogens is 2. The van der Waals surface area contributed by atoms with Crippen LogP contribution in [0, 0.1) is 6.92 Å². The zero-order chi connectivity index (χ0) is 25.2. The molecule has 0 radical (unpaired) electrons. The second-order valence-electron chi connectivity index (χ2n) is 9.37. The van der Waals surface area contributed by atoms with Gasteiger partial charge >= 0.3 is 6.18 Å². The van der Waals surface area contributed by atoms with Crippen molar-refractivity contribution in [2.75, 3.05) is 18.0 Å². The number of phenolic OH excluding ortho intramolecular Hbond substituents is 1. The number of aromatic nitrogens is 3. The van der Waals surface area contributed by atoms with Gasteiger partial charge in [0.15, 0.2) is 0 Å². The first-order valence-electron chi connectivity index (χ1n) is 11.9. The Balaban J connectivity index is 1.68. The van der Waals surface area contributed by atoms with Crippen LogP contribution < -0.4 is 10.5 Å². The van der Waals surface area contributed by atoms with E-state index in [9.17, 15) is 23.1 Å². The number of nitrogens with zero attached hydrogens (tertiary/aromatic N) is 2. The normalized spacial score (nSPS) is 14.8. The number of pyridine rings is 2. The molecule has 0 atom stereocenters. The molecule has 1 aliphatic rings. The number of hydrogen-bond acceptors (Lipinski definition) is 4. The molecular weight excluding hydrogens is 469 g/mol. The molecule has 9 heteroatoms. The molecule has 0 saturated carbocycles. The van der Waals surface area contributed by atoms with Crippen LogP contribution in [0.15, 0.2) is 47.4 Å². The van der Waals surface area contributed by atoms with Gasteiger partial charge in [0.25, 0.3) is 5.56 Å². The van der Waals surface area contributed by atoms with E-state index in [1.807, 2.05) is 25.1 Å². The lowest BCUT2D eigenvalue weighted by atomic mass is 9.97. The summed E-state index contributed by atoms with van der Waals surface area (Å²) < 4.78 is 40.6. The average molecular weight is 493 g/mol. The van der Waals surface area contributed by atoms with Crippen LogP contribution in [0.3, 0.4) is 0 Å². The Kier molecular flexibility index (Phi) is 5.00. The summed E-state index contributed by atoms with van der Waals surface area (Å²) >= 11 is 0. The highest BCUT2D eigenvalue weighted by molar-refractivity contribution is 6.22. The summed E-state index contributed by atoms with van der Waals surface area (Å²) in [5, 5.41) is 12.2. The maximum Gasteiger partial charge on any atom is 0.419 e. The number of phenols is 1. The van der Waals surface area contributed by atoms with Crippen LogP contribution >= 0.6 is 0 Å². The third kappa shape index (κ3) is 3.49. The summed E-state index contributed by atoms with van der Waals surface area (Å²) in [7, 11) is 0. The van der Waals surface area contributed by atoms with E-state index in [1.54, 1.807) is 6.20 Å². The Hall–Kier alpha value is -4.01. The monoisotopic (exact) mass is 492 g/mol. The van der Waals surface area contributed by atoms with Gasteiger partial charge < -0.3 is 20.0 Å². The van der Waals surface area contributed by atoms with Gasteiger partial charge in [-0.3, -0.25) is 4.79 Å². The Bertz CT molecular complexity index is 1710. The fourth-order valence-corrected chi connectivity index (χ4v) is 5.32. The number of aryl methyl sites for hydroxylation is 1. The number of fused-ring (bicyclic) bond motifs is 5. The zero-order valence-corrected chi connectivity index (χ0v) is 19.5. The minimum Gasteiger partial charge on any atom is -0.507 e. The van der Waals surface area contributed by atoms with E-state index in [0.29, 0.717) is 16.6 Å². The minimum atomic E-state index is -4.76. The Morgan fingerprint density at radius 3 is 2.53 bits per heavy atom. The average Bonchev–Trinajstić information content (AvgIpc) is 3.23. The standard InChI is InChI=1S/C27H23F3N4O2/c1-14-13-31-25-21(14)22-17-7-6-16(34-9-3-2-4-10-34)12-19(17)32-26(36)23(22)24(33-25)15-5-8-20(35)18(11-15)27(28,29)30/h5-8,11-13,35H,2-4,9-10H2,1H3,(H,31,33)(H,32,36). The maximum absolute atomic E-state index is 13.5. The summed E-state index contributed by atoms with van der Waals surface area (Å²) in [5.41, 5.74) is 1.65. The molecular formula is C27H23F3N4O2. The molecule has 0 amide bonds. The lowest BCUT2D eigenvalue weighted by molar-refractivity contribution is -0.138. The van der Waals surface area contributed by atoms with Crippen molar-refractivity contribution in [3.05, 3.63) is 64.1 Å². The van der Waals surface area contributed by atoms with Crippen LogP contribution in [-0.2, 0) is 6.18 Å². The fourth-order valence-electron chi connectivity index (χ4n) is 5.32. The molecule has 5 aromatic rings. The van der Waals surface area contributed by atoms with Crippen molar-refractivity contribution in [2.45, 2.75) is 32.4 Å². The summed E-state index contributed by atoms with van der Waals surface area (Å²) in [5.74, 6) is -0.878. The van der Waals surface area contributed by atoms with Crippen LogP contribution in [0.2, 0.25) is 0 Å². The quantitative estimate of drug-likeness (QED) is 0.255. The first-order chi connectivity index (χ1) is 17.2. The van der Waals surface area contributed by atoms with Crippen LogP contribution in [0.25, 0.3) is 44.0 Å². The smallest absolute Gasteiger partial charge is 0.419 e. The molecule has 4 heterocycles. The van der Waals surface area contributed by atoms with Crippen molar-refractivity contribution in [3.63, 3.8) is 0 Å². The van der Waals surface area contributed by atoms with Crippen molar-refractivity contribution < 1.29 is 18.3 Å². The summed E-state index contributed by atoms with van der Waals surface area (Å²) in [6, 6.07) is 9.12. The van der Waals surface area contributed by atoms with E-state index in [-0.39, 0.29) is 16.6 Å². The molecule has 36 heavy (non-hydrogen) atoms. The van der Waals surface area contributed by atoms with Crippen molar-refractivity contribution in [2.24, 2.45) is 0 Å². The van der Waals surface area contributed by atoms with Gasteiger partial charge in [0, 0.05) is 46.7 Å². The number of anilines is 1. The van der Waals surface area contributed by atoms with Crippen molar-refractivity contribution >= 4 is 38.4 Å². The highest BCUT2D eigenvalue weighted by Crippen LogP contribution is 2.41. The van der Waals surface area contributed by atoms with Gasteiger partial charge in [-0.15, -0.1) is 0 Å². The molecule has 0 unspecified atom stereocenters. The first-order valence-corrected chi connectivity index (χ1v) is 11.9. The van der Waals surface area contributed by atoms with Crippen LogP contribution in [0.1, 0.15) is 30.4 Å². The summed E-state index contributed by atoms with van der Waals surface area (Å²) in [6.45, 7) is 3.82.